The van der Waals surface area contributed by atoms with E-state index in [1.165, 1.54) is 32.4 Å². The molecular weight excluding hydrogens is 311 g/mol. The largest absolute Gasteiger partial charge is 0.493 e. The molecule has 0 aliphatic rings. The molecule has 2 aromatic rings. The highest BCUT2D eigenvalue weighted by Crippen LogP contribution is 2.30. The summed E-state index contributed by atoms with van der Waals surface area (Å²) in [5.41, 5.74) is 0.379. The molecular formula is C15H14ClFN2O3. The maximum atomic E-state index is 13.6. The summed E-state index contributed by atoms with van der Waals surface area (Å²) in [5.74, 6) is 0.379. The fraction of sp³-hybridized carbons (Fsp3) is 0.133. The van der Waals surface area contributed by atoms with E-state index >= 15 is 0 Å². The molecule has 0 aliphatic heterocycles. The Balaban J connectivity index is 2.12. The summed E-state index contributed by atoms with van der Waals surface area (Å²) in [6, 6.07) is 8.37. The Morgan fingerprint density at radius 3 is 2.45 bits per heavy atom. The zero-order valence-corrected chi connectivity index (χ0v) is 12.7. The molecule has 2 aromatic carbocycles. The van der Waals surface area contributed by atoms with Crippen molar-refractivity contribution in [2.24, 2.45) is 0 Å². The lowest BCUT2D eigenvalue weighted by Crippen LogP contribution is -2.20. The van der Waals surface area contributed by atoms with Crippen LogP contribution < -0.4 is 20.1 Å². The Hall–Kier alpha value is -2.47. The minimum atomic E-state index is -0.626. The van der Waals surface area contributed by atoms with E-state index in [0.29, 0.717) is 17.2 Å². The standard InChI is InChI=1S/C15H14ClFN2O3/c1-21-12-7-6-9(8-13(12)22-2)18-15(20)19-14-10(16)4-3-5-11(14)17/h3-8H,1-2H3,(H2,18,19,20). The van der Waals surface area contributed by atoms with Crippen molar-refractivity contribution in [3.05, 3.63) is 47.2 Å². The van der Waals surface area contributed by atoms with E-state index < -0.39 is 11.8 Å². The van der Waals surface area contributed by atoms with Crippen LogP contribution in [0.1, 0.15) is 0 Å². The van der Waals surface area contributed by atoms with Crippen LogP contribution in [0.4, 0.5) is 20.6 Å². The number of anilines is 2. The fourth-order valence-corrected chi connectivity index (χ4v) is 2.02. The van der Waals surface area contributed by atoms with E-state index in [-0.39, 0.29) is 10.7 Å². The summed E-state index contributed by atoms with van der Waals surface area (Å²) >= 11 is 5.84. The first-order valence-corrected chi connectivity index (χ1v) is 6.67. The van der Waals surface area contributed by atoms with E-state index in [1.807, 2.05) is 0 Å². The normalized spacial score (nSPS) is 10.0. The van der Waals surface area contributed by atoms with Crippen molar-refractivity contribution >= 4 is 29.0 Å². The van der Waals surface area contributed by atoms with Crippen molar-refractivity contribution in [2.75, 3.05) is 24.9 Å². The summed E-state index contributed by atoms with van der Waals surface area (Å²) in [6.07, 6.45) is 0. The van der Waals surface area contributed by atoms with Crippen molar-refractivity contribution in [3.8, 4) is 11.5 Å². The molecule has 2 amide bonds. The number of methoxy groups -OCH3 is 2. The Morgan fingerprint density at radius 1 is 1.09 bits per heavy atom. The minimum absolute atomic E-state index is 0.0813. The third-order valence-corrected chi connectivity index (χ3v) is 3.16. The Kier molecular flexibility index (Phi) is 5.06. The van der Waals surface area contributed by atoms with Gasteiger partial charge in [0.15, 0.2) is 11.5 Å². The van der Waals surface area contributed by atoms with Gasteiger partial charge < -0.3 is 20.1 Å². The molecule has 116 valence electrons. The quantitative estimate of drug-likeness (QED) is 0.888. The fourth-order valence-electron chi connectivity index (χ4n) is 1.81. The molecule has 2 N–H and O–H groups in total. The highest BCUT2D eigenvalue weighted by atomic mass is 35.5. The van der Waals surface area contributed by atoms with Crippen LogP contribution in [0.25, 0.3) is 0 Å². The van der Waals surface area contributed by atoms with Gasteiger partial charge in [-0.25, -0.2) is 9.18 Å². The number of rotatable bonds is 4. The van der Waals surface area contributed by atoms with Crippen molar-refractivity contribution in [1.29, 1.82) is 0 Å². The number of hydrogen-bond donors (Lipinski definition) is 2. The summed E-state index contributed by atoms with van der Waals surface area (Å²) in [7, 11) is 3.00. The molecule has 0 saturated carbocycles. The molecule has 0 unspecified atom stereocenters. The van der Waals surface area contributed by atoms with Gasteiger partial charge >= 0.3 is 6.03 Å². The maximum absolute atomic E-state index is 13.6. The molecule has 22 heavy (non-hydrogen) atoms. The van der Waals surface area contributed by atoms with Crippen LogP contribution in [0.2, 0.25) is 5.02 Å². The third-order valence-electron chi connectivity index (χ3n) is 2.84. The van der Waals surface area contributed by atoms with Gasteiger partial charge in [-0.15, -0.1) is 0 Å². The van der Waals surface area contributed by atoms with Gasteiger partial charge in [-0.05, 0) is 24.3 Å². The summed E-state index contributed by atoms with van der Waals surface area (Å²) in [4.78, 5) is 11.9. The van der Waals surface area contributed by atoms with Gasteiger partial charge in [-0.1, -0.05) is 17.7 Å². The van der Waals surface area contributed by atoms with Gasteiger partial charge in [0.1, 0.15) is 5.82 Å². The Bertz CT molecular complexity index is 674. The topological polar surface area (TPSA) is 59.6 Å². The summed E-state index contributed by atoms with van der Waals surface area (Å²) in [5, 5.41) is 5.04. The lowest BCUT2D eigenvalue weighted by Gasteiger charge is -2.12. The number of carbonyl (C=O) groups is 1. The molecule has 0 aromatic heterocycles. The average molecular weight is 325 g/mol. The van der Waals surface area contributed by atoms with Crippen molar-refractivity contribution in [2.45, 2.75) is 0 Å². The van der Waals surface area contributed by atoms with Gasteiger partial charge in [-0.3, -0.25) is 0 Å². The number of halogens is 2. The highest BCUT2D eigenvalue weighted by molar-refractivity contribution is 6.33. The van der Waals surface area contributed by atoms with E-state index in [1.54, 1.807) is 18.2 Å². The minimum Gasteiger partial charge on any atom is -0.493 e. The van der Waals surface area contributed by atoms with Crippen LogP contribution in [-0.2, 0) is 0 Å². The van der Waals surface area contributed by atoms with Gasteiger partial charge in [-0.2, -0.15) is 0 Å². The molecule has 0 saturated heterocycles. The zero-order chi connectivity index (χ0) is 16.1. The van der Waals surface area contributed by atoms with E-state index in [0.717, 1.165) is 0 Å². The molecule has 0 radical (unpaired) electrons. The van der Waals surface area contributed by atoms with E-state index in [9.17, 15) is 9.18 Å². The Morgan fingerprint density at radius 2 is 1.82 bits per heavy atom. The van der Waals surface area contributed by atoms with Crippen molar-refractivity contribution in [3.63, 3.8) is 0 Å². The maximum Gasteiger partial charge on any atom is 0.323 e. The van der Waals surface area contributed by atoms with Gasteiger partial charge in [0, 0.05) is 11.8 Å². The van der Waals surface area contributed by atoms with Crippen LogP contribution in [0.5, 0.6) is 11.5 Å². The van der Waals surface area contributed by atoms with Gasteiger partial charge in [0.25, 0.3) is 0 Å². The second kappa shape index (κ2) is 7.00. The molecule has 0 fully saturated rings. The summed E-state index contributed by atoms with van der Waals surface area (Å²) < 4.78 is 23.8. The number of hydrogen-bond acceptors (Lipinski definition) is 3. The van der Waals surface area contributed by atoms with Gasteiger partial charge in [0.2, 0.25) is 0 Å². The first kappa shape index (κ1) is 15.9. The van der Waals surface area contributed by atoms with Crippen molar-refractivity contribution in [1.82, 2.24) is 0 Å². The number of carbonyl (C=O) groups excluding carboxylic acids is 1. The number of urea groups is 1. The molecule has 7 heteroatoms. The van der Waals surface area contributed by atoms with Crippen molar-refractivity contribution < 1.29 is 18.7 Å². The number of ether oxygens (including phenoxy) is 2. The van der Waals surface area contributed by atoms with E-state index in [4.69, 9.17) is 21.1 Å². The molecule has 0 atom stereocenters. The van der Waals surface area contributed by atoms with Crippen LogP contribution in [0, 0.1) is 5.82 Å². The van der Waals surface area contributed by atoms with Crippen LogP contribution in [-0.4, -0.2) is 20.3 Å². The smallest absolute Gasteiger partial charge is 0.323 e. The number of nitrogens with one attached hydrogen (secondary N) is 2. The molecule has 0 bridgehead atoms. The lowest BCUT2D eigenvalue weighted by atomic mass is 10.2. The molecule has 0 heterocycles. The average Bonchev–Trinajstić information content (AvgIpc) is 2.51. The predicted molar refractivity (Wildman–Crippen MR) is 83.6 cm³/mol. The first-order chi connectivity index (χ1) is 10.5. The van der Waals surface area contributed by atoms with Gasteiger partial charge in [0.05, 0.1) is 24.9 Å². The third kappa shape index (κ3) is 3.59. The first-order valence-electron chi connectivity index (χ1n) is 6.29. The highest BCUT2D eigenvalue weighted by Gasteiger charge is 2.12. The second-order valence-corrected chi connectivity index (χ2v) is 4.65. The van der Waals surface area contributed by atoms with Crippen LogP contribution in [0.3, 0.4) is 0 Å². The van der Waals surface area contributed by atoms with E-state index in [2.05, 4.69) is 10.6 Å². The Labute approximate surface area is 132 Å². The zero-order valence-electron chi connectivity index (χ0n) is 11.9. The molecule has 2 rings (SSSR count). The lowest BCUT2D eigenvalue weighted by molar-refractivity contribution is 0.262. The SMILES string of the molecule is COc1ccc(NC(=O)Nc2c(F)cccc2Cl)cc1OC. The summed E-state index contributed by atoms with van der Waals surface area (Å²) in [6.45, 7) is 0. The predicted octanol–water partition coefficient (Wildman–Crippen LogP) is 4.14. The number of benzene rings is 2. The second-order valence-electron chi connectivity index (χ2n) is 4.25. The number of para-hydroxylation sites is 1. The number of amides is 2. The molecule has 0 aliphatic carbocycles. The molecule has 0 spiro atoms. The van der Waals surface area contributed by atoms with Crippen LogP contribution >= 0.6 is 11.6 Å². The molecule has 5 nitrogen and oxygen atoms in total. The monoisotopic (exact) mass is 324 g/mol. The van der Waals surface area contributed by atoms with Crippen LogP contribution in [0.15, 0.2) is 36.4 Å².